The number of hydrogen-bond donors (Lipinski definition) is 2. The van der Waals surface area contributed by atoms with Crippen LogP contribution in [0.2, 0.25) is 0 Å². The van der Waals surface area contributed by atoms with Crippen molar-refractivity contribution in [3.8, 4) is 0 Å². The van der Waals surface area contributed by atoms with Gasteiger partial charge in [0.15, 0.2) is 5.69 Å². The summed E-state index contributed by atoms with van der Waals surface area (Å²) < 4.78 is 0. The van der Waals surface area contributed by atoms with Crippen LogP contribution in [-0.4, -0.2) is 38.7 Å². The molecular weight excluding hydrogens is 338 g/mol. The molecule has 2 aromatic rings. The number of benzene rings is 1. The molecule has 5 nitrogen and oxygen atoms in total. The number of rotatable bonds is 2. The normalized spacial score (nSPS) is 30.0. The van der Waals surface area contributed by atoms with Gasteiger partial charge in [-0.1, -0.05) is 43.2 Å². The predicted molar refractivity (Wildman–Crippen MR) is 102 cm³/mol. The number of nitrogens with zero attached hydrogens (tertiary/aromatic N) is 2. The Hall–Kier alpha value is -2.14. The molecule has 3 aliphatic rings. The smallest absolute Gasteiger partial charge is 0.274 e. The molecule has 2 fully saturated rings. The van der Waals surface area contributed by atoms with Gasteiger partial charge in [-0.05, 0) is 44.1 Å². The number of aromatic amines is 1. The number of carbonyl (C=O) groups is 1. The topological polar surface area (TPSA) is 69.2 Å². The molecule has 142 valence electrons. The van der Waals surface area contributed by atoms with E-state index in [1.807, 2.05) is 35.2 Å². The Bertz CT molecular complexity index is 846. The minimum atomic E-state index is -0.837. The van der Waals surface area contributed by atoms with Crippen molar-refractivity contribution >= 4 is 5.91 Å². The monoisotopic (exact) mass is 365 g/mol. The molecule has 0 bridgehead atoms. The lowest BCUT2D eigenvalue weighted by molar-refractivity contribution is -0.110. The summed E-state index contributed by atoms with van der Waals surface area (Å²) in [4.78, 5) is 15.4. The van der Waals surface area contributed by atoms with Gasteiger partial charge < -0.3 is 10.0 Å². The van der Waals surface area contributed by atoms with E-state index in [1.165, 1.54) is 0 Å². The Balaban J connectivity index is 1.47. The third-order valence-corrected chi connectivity index (χ3v) is 7.02. The summed E-state index contributed by atoms with van der Waals surface area (Å²) in [5.74, 6) is 0.153. The maximum atomic E-state index is 13.4. The van der Waals surface area contributed by atoms with Gasteiger partial charge in [0.05, 0.1) is 5.60 Å². The standard InChI is InChI=1S/C22H27N3O2/c26-21(20-16-9-6-11-18(16)23-24-20)25-14-13-22(27,15-7-2-1-3-8-15)17-10-4-5-12-19(17)25/h1-3,7-8,17,19,27H,4-6,9-14H2,(H,23,24)/t17-,19+,22-/m0/s1. The number of aliphatic hydroxyl groups is 1. The molecule has 1 saturated heterocycles. The van der Waals surface area contributed by atoms with Gasteiger partial charge in [-0.25, -0.2) is 0 Å². The number of aromatic nitrogens is 2. The molecule has 1 aromatic heterocycles. The Morgan fingerprint density at radius 3 is 2.81 bits per heavy atom. The fourth-order valence-electron chi connectivity index (χ4n) is 5.65. The van der Waals surface area contributed by atoms with Crippen LogP contribution in [0.25, 0.3) is 0 Å². The molecule has 1 saturated carbocycles. The maximum absolute atomic E-state index is 13.4. The zero-order valence-electron chi connectivity index (χ0n) is 15.7. The number of carbonyl (C=O) groups excluding carboxylic acids is 1. The average molecular weight is 365 g/mol. The van der Waals surface area contributed by atoms with Crippen LogP contribution in [0, 0.1) is 5.92 Å². The van der Waals surface area contributed by atoms with Gasteiger partial charge in [0, 0.05) is 29.8 Å². The van der Waals surface area contributed by atoms with Crippen LogP contribution in [0.15, 0.2) is 30.3 Å². The largest absolute Gasteiger partial charge is 0.385 e. The fourth-order valence-corrected chi connectivity index (χ4v) is 5.65. The van der Waals surface area contributed by atoms with Crippen LogP contribution in [0.5, 0.6) is 0 Å². The van der Waals surface area contributed by atoms with Crippen LogP contribution >= 0.6 is 0 Å². The summed E-state index contributed by atoms with van der Waals surface area (Å²) in [6.45, 7) is 0.590. The van der Waals surface area contributed by atoms with Crippen LogP contribution in [0.3, 0.4) is 0 Å². The number of amides is 1. The Kier molecular flexibility index (Phi) is 4.08. The minimum Gasteiger partial charge on any atom is -0.385 e. The van der Waals surface area contributed by atoms with E-state index < -0.39 is 5.60 Å². The molecule has 2 N–H and O–H groups in total. The van der Waals surface area contributed by atoms with E-state index in [9.17, 15) is 9.90 Å². The van der Waals surface area contributed by atoms with Gasteiger partial charge in [0.1, 0.15) is 0 Å². The summed E-state index contributed by atoms with van der Waals surface area (Å²) in [7, 11) is 0. The van der Waals surface area contributed by atoms with E-state index in [4.69, 9.17) is 0 Å². The van der Waals surface area contributed by atoms with Gasteiger partial charge in [-0.2, -0.15) is 5.10 Å². The number of fused-ring (bicyclic) bond motifs is 2. The molecule has 0 radical (unpaired) electrons. The van der Waals surface area contributed by atoms with Crippen LogP contribution in [-0.2, 0) is 18.4 Å². The first kappa shape index (κ1) is 17.0. The molecule has 1 aliphatic heterocycles. The third kappa shape index (κ3) is 2.63. The average Bonchev–Trinajstić information content (AvgIpc) is 3.33. The number of H-pyrrole nitrogens is 1. The van der Waals surface area contributed by atoms with Crippen molar-refractivity contribution in [2.45, 2.75) is 63.0 Å². The van der Waals surface area contributed by atoms with Crippen molar-refractivity contribution < 1.29 is 9.90 Å². The third-order valence-electron chi connectivity index (χ3n) is 7.02. The molecule has 1 aromatic carbocycles. The summed E-state index contributed by atoms with van der Waals surface area (Å²) in [5, 5.41) is 19.1. The zero-order chi connectivity index (χ0) is 18.4. The second-order valence-electron chi connectivity index (χ2n) is 8.38. The lowest BCUT2D eigenvalue weighted by Gasteiger charge is -2.52. The second-order valence-corrected chi connectivity index (χ2v) is 8.38. The Morgan fingerprint density at radius 1 is 1.15 bits per heavy atom. The van der Waals surface area contributed by atoms with Gasteiger partial charge in [0.2, 0.25) is 0 Å². The number of nitrogens with one attached hydrogen (secondary N) is 1. The predicted octanol–water partition coefficient (Wildman–Crippen LogP) is 3.19. The molecule has 0 unspecified atom stereocenters. The molecular formula is C22H27N3O2. The molecule has 5 rings (SSSR count). The molecule has 5 heteroatoms. The molecule has 0 spiro atoms. The number of likely N-dealkylation sites (tertiary alicyclic amines) is 1. The number of aryl methyl sites for hydroxylation is 1. The van der Waals surface area contributed by atoms with Crippen molar-refractivity contribution in [1.82, 2.24) is 15.1 Å². The lowest BCUT2D eigenvalue weighted by Crippen LogP contribution is -2.59. The number of piperidine rings is 1. The first-order chi connectivity index (χ1) is 13.2. The SMILES string of the molecule is O=C(c1n[nH]c2c1CCC2)N1CC[C@](O)(c2ccccc2)[C@H]2CCCC[C@H]21. The Labute approximate surface area is 159 Å². The second kappa shape index (κ2) is 6.48. The Morgan fingerprint density at radius 2 is 1.96 bits per heavy atom. The van der Waals surface area contributed by atoms with Crippen molar-refractivity contribution in [2.24, 2.45) is 5.92 Å². The van der Waals surface area contributed by atoms with E-state index in [0.717, 1.165) is 61.8 Å². The van der Waals surface area contributed by atoms with Crippen molar-refractivity contribution in [3.63, 3.8) is 0 Å². The quantitative estimate of drug-likeness (QED) is 0.859. The number of hydrogen-bond acceptors (Lipinski definition) is 3. The van der Waals surface area contributed by atoms with E-state index in [1.54, 1.807) is 0 Å². The van der Waals surface area contributed by atoms with Crippen LogP contribution < -0.4 is 0 Å². The summed E-state index contributed by atoms with van der Waals surface area (Å²) in [5.41, 5.74) is 3.04. The highest BCUT2D eigenvalue weighted by molar-refractivity contribution is 5.94. The van der Waals surface area contributed by atoms with E-state index in [-0.39, 0.29) is 17.9 Å². The molecule has 2 aliphatic carbocycles. The van der Waals surface area contributed by atoms with Crippen LogP contribution in [0.4, 0.5) is 0 Å². The summed E-state index contributed by atoms with van der Waals surface area (Å²) in [6.07, 6.45) is 7.82. The van der Waals surface area contributed by atoms with E-state index in [0.29, 0.717) is 18.7 Å². The molecule has 1 amide bonds. The minimum absolute atomic E-state index is 0.0569. The van der Waals surface area contributed by atoms with Gasteiger partial charge in [-0.15, -0.1) is 0 Å². The molecule has 2 heterocycles. The molecule has 3 atom stereocenters. The highest BCUT2D eigenvalue weighted by atomic mass is 16.3. The van der Waals surface area contributed by atoms with E-state index >= 15 is 0 Å². The first-order valence-electron chi connectivity index (χ1n) is 10.3. The fraction of sp³-hybridized carbons (Fsp3) is 0.545. The molecule has 27 heavy (non-hydrogen) atoms. The highest BCUT2D eigenvalue weighted by Gasteiger charge is 2.50. The zero-order valence-corrected chi connectivity index (χ0v) is 15.7. The summed E-state index contributed by atoms with van der Waals surface area (Å²) >= 11 is 0. The lowest BCUT2D eigenvalue weighted by atomic mass is 9.66. The maximum Gasteiger partial charge on any atom is 0.274 e. The van der Waals surface area contributed by atoms with Gasteiger partial charge >= 0.3 is 0 Å². The van der Waals surface area contributed by atoms with Crippen molar-refractivity contribution in [2.75, 3.05) is 6.54 Å². The first-order valence-corrected chi connectivity index (χ1v) is 10.3. The van der Waals surface area contributed by atoms with Gasteiger partial charge in [-0.3, -0.25) is 9.89 Å². The van der Waals surface area contributed by atoms with E-state index in [2.05, 4.69) is 10.2 Å². The van der Waals surface area contributed by atoms with Crippen molar-refractivity contribution in [1.29, 1.82) is 0 Å². The van der Waals surface area contributed by atoms with Crippen LogP contribution in [0.1, 0.15) is 65.8 Å². The van der Waals surface area contributed by atoms with Gasteiger partial charge in [0.25, 0.3) is 5.91 Å². The van der Waals surface area contributed by atoms with Crippen molar-refractivity contribution in [3.05, 3.63) is 52.8 Å². The highest BCUT2D eigenvalue weighted by Crippen LogP contribution is 2.47. The summed E-state index contributed by atoms with van der Waals surface area (Å²) in [6, 6.07) is 10.1.